The standard InChI is InChI=1S/C21H28N6O/c1-2-8-26(12-15-3-4-15)20-11-19(23-14-24-20)21(28)25-18-6-5-17-13-27(22)9-7-16(17)10-18/h5-6,10-11,14-15H,2-4,7-9,12-13,22H2,1H3,(H,25,28). The molecule has 2 heterocycles. The van der Waals surface area contributed by atoms with Gasteiger partial charge in [-0.3, -0.25) is 10.6 Å². The van der Waals surface area contributed by atoms with Gasteiger partial charge in [0.05, 0.1) is 0 Å². The summed E-state index contributed by atoms with van der Waals surface area (Å²) in [6.07, 6.45) is 6.01. The van der Waals surface area contributed by atoms with Crippen LogP contribution < -0.4 is 16.1 Å². The minimum atomic E-state index is -0.206. The number of benzene rings is 1. The number of fused-ring (bicyclic) bond motifs is 1. The highest BCUT2D eigenvalue weighted by Crippen LogP contribution is 2.31. The zero-order chi connectivity index (χ0) is 19.5. The highest BCUT2D eigenvalue weighted by atomic mass is 16.1. The Kier molecular flexibility index (Phi) is 5.54. The van der Waals surface area contributed by atoms with E-state index in [1.807, 2.05) is 23.2 Å². The lowest BCUT2D eigenvalue weighted by molar-refractivity contribution is 0.102. The van der Waals surface area contributed by atoms with E-state index >= 15 is 0 Å². The topological polar surface area (TPSA) is 87.4 Å². The van der Waals surface area contributed by atoms with E-state index < -0.39 is 0 Å². The first kappa shape index (κ1) is 18.8. The van der Waals surface area contributed by atoms with Crippen LogP contribution in [0.3, 0.4) is 0 Å². The summed E-state index contributed by atoms with van der Waals surface area (Å²) in [5.74, 6) is 7.28. The number of hydrazine groups is 1. The van der Waals surface area contributed by atoms with Crippen molar-refractivity contribution in [3.8, 4) is 0 Å². The van der Waals surface area contributed by atoms with Crippen molar-refractivity contribution in [2.24, 2.45) is 11.8 Å². The molecule has 1 aromatic heterocycles. The second kappa shape index (κ2) is 8.24. The van der Waals surface area contributed by atoms with Gasteiger partial charge in [-0.05, 0) is 54.9 Å². The first-order valence-corrected chi connectivity index (χ1v) is 10.1. The monoisotopic (exact) mass is 380 g/mol. The second-order valence-corrected chi connectivity index (χ2v) is 7.81. The molecule has 28 heavy (non-hydrogen) atoms. The molecule has 1 amide bonds. The van der Waals surface area contributed by atoms with Crippen LogP contribution in [0.4, 0.5) is 11.5 Å². The number of aromatic nitrogens is 2. The molecule has 0 radical (unpaired) electrons. The second-order valence-electron chi connectivity index (χ2n) is 7.81. The lowest BCUT2D eigenvalue weighted by Gasteiger charge is -2.25. The third-order valence-electron chi connectivity index (χ3n) is 5.38. The lowest BCUT2D eigenvalue weighted by Crippen LogP contribution is -2.36. The molecule has 1 aliphatic heterocycles. The van der Waals surface area contributed by atoms with E-state index in [1.54, 1.807) is 6.07 Å². The van der Waals surface area contributed by atoms with Crippen LogP contribution in [0.25, 0.3) is 0 Å². The molecule has 1 aliphatic carbocycles. The van der Waals surface area contributed by atoms with E-state index in [9.17, 15) is 4.79 Å². The van der Waals surface area contributed by atoms with Crippen LogP contribution in [0.1, 0.15) is 47.8 Å². The number of rotatable bonds is 7. The van der Waals surface area contributed by atoms with Crippen molar-refractivity contribution in [2.75, 3.05) is 29.9 Å². The highest BCUT2D eigenvalue weighted by molar-refractivity contribution is 6.03. The summed E-state index contributed by atoms with van der Waals surface area (Å²) in [5.41, 5.74) is 3.64. The molecule has 0 bridgehead atoms. The van der Waals surface area contributed by atoms with Crippen molar-refractivity contribution in [3.63, 3.8) is 0 Å². The van der Waals surface area contributed by atoms with E-state index in [0.29, 0.717) is 5.69 Å². The number of carbonyl (C=O) groups excluding carboxylic acids is 1. The van der Waals surface area contributed by atoms with E-state index in [0.717, 1.165) is 56.4 Å². The van der Waals surface area contributed by atoms with Gasteiger partial charge in [-0.15, -0.1) is 0 Å². The average molecular weight is 380 g/mol. The maximum absolute atomic E-state index is 12.8. The molecular weight excluding hydrogens is 352 g/mol. The van der Waals surface area contributed by atoms with Crippen molar-refractivity contribution < 1.29 is 4.79 Å². The molecular formula is C21H28N6O. The number of amides is 1. The normalized spacial score (nSPS) is 16.5. The van der Waals surface area contributed by atoms with Gasteiger partial charge in [0.1, 0.15) is 17.8 Å². The molecule has 0 spiro atoms. The quantitative estimate of drug-likeness (QED) is 0.718. The predicted octanol–water partition coefficient (Wildman–Crippen LogP) is 2.59. The smallest absolute Gasteiger partial charge is 0.274 e. The van der Waals surface area contributed by atoms with Gasteiger partial charge < -0.3 is 10.2 Å². The van der Waals surface area contributed by atoms with Crippen LogP contribution in [0.5, 0.6) is 0 Å². The first-order valence-electron chi connectivity index (χ1n) is 10.1. The number of nitrogens with zero attached hydrogens (tertiary/aromatic N) is 4. The Morgan fingerprint density at radius 3 is 2.93 bits per heavy atom. The summed E-state index contributed by atoms with van der Waals surface area (Å²) in [4.78, 5) is 23.6. The van der Waals surface area contributed by atoms with Crippen molar-refractivity contribution in [3.05, 3.63) is 47.4 Å². The largest absolute Gasteiger partial charge is 0.356 e. The van der Waals surface area contributed by atoms with Crippen LogP contribution in [-0.4, -0.2) is 40.5 Å². The van der Waals surface area contributed by atoms with Crippen LogP contribution in [-0.2, 0) is 13.0 Å². The zero-order valence-electron chi connectivity index (χ0n) is 16.4. The summed E-state index contributed by atoms with van der Waals surface area (Å²) in [5, 5.41) is 4.79. The van der Waals surface area contributed by atoms with Gasteiger partial charge in [-0.1, -0.05) is 13.0 Å². The minimum absolute atomic E-state index is 0.206. The Balaban J connectivity index is 1.47. The van der Waals surface area contributed by atoms with Gasteiger partial charge in [-0.2, -0.15) is 0 Å². The fraction of sp³-hybridized carbons (Fsp3) is 0.476. The van der Waals surface area contributed by atoms with Crippen LogP contribution in [0.15, 0.2) is 30.6 Å². The maximum atomic E-state index is 12.8. The number of hydrogen-bond acceptors (Lipinski definition) is 6. The average Bonchev–Trinajstić information content (AvgIpc) is 3.52. The molecule has 4 rings (SSSR count). The summed E-state index contributed by atoms with van der Waals surface area (Å²) in [7, 11) is 0. The van der Waals surface area contributed by atoms with E-state index in [2.05, 4.69) is 27.1 Å². The molecule has 3 N–H and O–H groups in total. The van der Waals surface area contributed by atoms with E-state index in [1.165, 1.54) is 30.3 Å². The molecule has 2 aliphatic rings. The van der Waals surface area contributed by atoms with Gasteiger partial charge in [0.25, 0.3) is 5.91 Å². The van der Waals surface area contributed by atoms with Gasteiger partial charge in [0, 0.05) is 37.9 Å². The van der Waals surface area contributed by atoms with Crippen LogP contribution in [0.2, 0.25) is 0 Å². The van der Waals surface area contributed by atoms with Crippen molar-refractivity contribution in [1.82, 2.24) is 15.0 Å². The SMILES string of the molecule is CCCN(CC1CC1)c1cc(C(=O)Nc2ccc3c(c2)CCN(N)C3)ncn1. The number of nitrogens with two attached hydrogens (primary N) is 1. The van der Waals surface area contributed by atoms with Crippen molar-refractivity contribution in [2.45, 2.75) is 39.2 Å². The van der Waals surface area contributed by atoms with Gasteiger partial charge in [0.2, 0.25) is 0 Å². The molecule has 1 fully saturated rings. The Labute approximate surface area is 165 Å². The zero-order valence-corrected chi connectivity index (χ0v) is 16.4. The maximum Gasteiger partial charge on any atom is 0.274 e. The van der Waals surface area contributed by atoms with Crippen molar-refractivity contribution >= 4 is 17.4 Å². The molecule has 2 aromatic rings. The number of anilines is 2. The van der Waals surface area contributed by atoms with Crippen molar-refractivity contribution in [1.29, 1.82) is 0 Å². The fourth-order valence-corrected chi connectivity index (χ4v) is 3.67. The van der Waals surface area contributed by atoms with E-state index in [-0.39, 0.29) is 5.91 Å². The first-order chi connectivity index (χ1) is 13.6. The van der Waals surface area contributed by atoms with Gasteiger partial charge in [0.15, 0.2) is 0 Å². The number of carbonyl (C=O) groups is 1. The Morgan fingerprint density at radius 1 is 1.29 bits per heavy atom. The Bertz CT molecular complexity index is 851. The molecule has 7 heteroatoms. The highest BCUT2D eigenvalue weighted by Gasteiger charge is 2.25. The van der Waals surface area contributed by atoms with Gasteiger partial charge >= 0.3 is 0 Å². The molecule has 148 valence electrons. The van der Waals surface area contributed by atoms with Crippen LogP contribution in [0, 0.1) is 5.92 Å². The summed E-state index contributed by atoms with van der Waals surface area (Å²) < 4.78 is 0. The third-order valence-corrected chi connectivity index (χ3v) is 5.38. The molecule has 0 saturated heterocycles. The molecule has 1 aromatic carbocycles. The Hall–Kier alpha value is -2.51. The third kappa shape index (κ3) is 4.48. The Morgan fingerprint density at radius 2 is 2.14 bits per heavy atom. The number of hydrogen-bond donors (Lipinski definition) is 2. The molecule has 7 nitrogen and oxygen atoms in total. The number of nitrogens with one attached hydrogen (secondary N) is 1. The lowest BCUT2D eigenvalue weighted by atomic mass is 10.00. The summed E-state index contributed by atoms with van der Waals surface area (Å²) >= 11 is 0. The molecule has 1 saturated carbocycles. The van der Waals surface area contributed by atoms with Gasteiger partial charge in [-0.25, -0.2) is 15.0 Å². The summed E-state index contributed by atoms with van der Waals surface area (Å²) in [6.45, 7) is 5.68. The molecule has 0 unspecified atom stereocenters. The fourth-order valence-electron chi connectivity index (χ4n) is 3.67. The summed E-state index contributed by atoms with van der Waals surface area (Å²) in [6, 6.07) is 7.80. The molecule has 0 atom stereocenters. The van der Waals surface area contributed by atoms with Crippen LogP contribution >= 0.6 is 0 Å². The predicted molar refractivity (Wildman–Crippen MR) is 110 cm³/mol. The van der Waals surface area contributed by atoms with E-state index in [4.69, 9.17) is 5.84 Å². The minimum Gasteiger partial charge on any atom is -0.356 e.